The minimum atomic E-state index is -1.05. The lowest BCUT2D eigenvalue weighted by atomic mass is 9.82. The van der Waals surface area contributed by atoms with E-state index >= 15 is 0 Å². The molecule has 16 nitrogen and oxygen atoms in total. The standard InChI is InChI=1S/C28H25F2N7O.C23H24BF2N5O3/c29-19-15-23(30)26(34-16-19)28-35-24-2-1-10-33-27(24)37(28)20-3-5-21(6-4-20)38-22-8-12-36(13-9-22)17-18-7-11-32-25(31)14-18;1-24(33)31-11-8-18(9-12-31)34-17-6-4-16(5-7-17)29-22-20(3-2-10-27-22)30-23(32)21-19(26)13-15(25)14-28-21/h1-7,10-11,14-16,22H,8-9,12-13,17H2,(H2,31,32);2-7,10,13-14,18,33H,8-9,11-12H2,1H3,(H,27,29)(H,30,32). The smallest absolute Gasteiger partial charge is 0.376 e. The second-order valence-electron chi connectivity index (χ2n) is 17.2. The highest BCUT2D eigenvalue weighted by molar-refractivity contribution is 6.45. The van der Waals surface area contributed by atoms with Crippen molar-refractivity contribution in [3.05, 3.63) is 163 Å². The van der Waals surface area contributed by atoms with Crippen LogP contribution in [0.25, 0.3) is 28.4 Å². The SMILES string of the molecule is CB(O)N1CCC(Oc2ccc(Nc3ncccc3NC(=O)c3ncc(F)cc3F)cc2)CC1.Nc1cc(CN2CCC(Oc3ccc(-n4c(-c5ncc(F)cc5F)nc5cccnc54)cc3)CC2)ccn1. The number of rotatable bonds is 13. The molecule has 5 N–H and O–H groups in total. The fourth-order valence-electron chi connectivity index (χ4n) is 8.48. The average Bonchev–Trinajstić information content (AvgIpc) is 3.76. The number of nitrogens with two attached hydrogens (primary N) is 1. The molecule has 0 spiro atoms. The maximum Gasteiger partial charge on any atom is 0.376 e. The third-order valence-corrected chi connectivity index (χ3v) is 12.1. The van der Waals surface area contributed by atoms with Gasteiger partial charge in [-0.3, -0.25) is 14.3 Å². The zero-order valence-electron chi connectivity index (χ0n) is 39.0. The number of benzene rings is 2. The number of halogens is 4. The molecule has 1 amide bonds. The van der Waals surface area contributed by atoms with E-state index in [1.807, 2.05) is 65.5 Å². The molecule has 6 aromatic heterocycles. The molecular formula is C51H49BF4N12O4. The first-order valence-corrected chi connectivity index (χ1v) is 23.3. The van der Waals surface area contributed by atoms with E-state index in [4.69, 9.17) is 15.2 Å². The fourth-order valence-corrected chi connectivity index (χ4v) is 8.48. The normalized spacial score (nSPS) is 14.6. The minimum absolute atomic E-state index is 0.0501. The highest BCUT2D eigenvalue weighted by Gasteiger charge is 2.26. The van der Waals surface area contributed by atoms with Gasteiger partial charge < -0.3 is 35.7 Å². The number of carbonyl (C=O) groups is 1. The number of hydrogen-bond acceptors (Lipinski definition) is 14. The Bertz CT molecular complexity index is 3140. The van der Waals surface area contributed by atoms with E-state index in [0.717, 1.165) is 93.9 Å². The van der Waals surface area contributed by atoms with Crippen LogP contribution in [-0.4, -0.2) is 101 Å². The molecule has 21 heteroatoms. The highest BCUT2D eigenvalue weighted by atomic mass is 19.1. The third-order valence-electron chi connectivity index (χ3n) is 12.1. The molecule has 0 radical (unpaired) electrons. The number of pyridine rings is 5. The Morgan fingerprint density at radius 1 is 0.750 bits per heavy atom. The molecule has 8 heterocycles. The summed E-state index contributed by atoms with van der Waals surface area (Å²) in [6.45, 7) is 6.03. The molecule has 0 saturated carbocycles. The van der Waals surface area contributed by atoms with Gasteiger partial charge in [-0.2, -0.15) is 0 Å². The van der Waals surface area contributed by atoms with Crippen molar-refractivity contribution in [1.29, 1.82) is 0 Å². The first-order chi connectivity index (χ1) is 34.9. The van der Waals surface area contributed by atoms with Gasteiger partial charge >= 0.3 is 7.05 Å². The second kappa shape index (κ2) is 22.4. The molecule has 0 unspecified atom stereocenters. The van der Waals surface area contributed by atoms with Gasteiger partial charge in [0.25, 0.3) is 5.91 Å². The summed E-state index contributed by atoms with van der Waals surface area (Å²) in [6.07, 6.45) is 10.4. The van der Waals surface area contributed by atoms with E-state index in [2.05, 4.69) is 45.4 Å². The lowest BCUT2D eigenvalue weighted by Crippen LogP contribution is -2.45. The van der Waals surface area contributed by atoms with Crippen LogP contribution in [0.2, 0.25) is 6.82 Å². The summed E-state index contributed by atoms with van der Waals surface area (Å²) < 4.78 is 69.1. The summed E-state index contributed by atoms with van der Waals surface area (Å²) >= 11 is 0. The molecule has 72 heavy (non-hydrogen) atoms. The van der Waals surface area contributed by atoms with Gasteiger partial charge in [0.15, 0.2) is 34.6 Å². The topological polar surface area (TPSA) is 195 Å². The summed E-state index contributed by atoms with van der Waals surface area (Å²) in [5.74, 6) is -1.67. The fraction of sp³-hybridized carbons (Fsp3) is 0.235. The van der Waals surface area contributed by atoms with Gasteiger partial charge in [-0.25, -0.2) is 47.5 Å². The Balaban J connectivity index is 0.000000179. The van der Waals surface area contributed by atoms with Crippen LogP contribution in [-0.2, 0) is 6.54 Å². The zero-order valence-corrected chi connectivity index (χ0v) is 39.0. The van der Waals surface area contributed by atoms with Crippen molar-refractivity contribution in [2.75, 3.05) is 42.5 Å². The summed E-state index contributed by atoms with van der Waals surface area (Å²) in [5, 5.41) is 15.3. The predicted octanol–water partition coefficient (Wildman–Crippen LogP) is 8.49. The van der Waals surface area contributed by atoms with Crippen LogP contribution < -0.4 is 25.8 Å². The van der Waals surface area contributed by atoms with Crippen molar-refractivity contribution in [1.82, 2.24) is 44.2 Å². The maximum atomic E-state index is 14.6. The summed E-state index contributed by atoms with van der Waals surface area (Å²) in [5.41, 5.74) is 9.24. The molecule has 368 valence electrons. The number of piperidine rings is 2. The van der Waals surface area contributed by atoms with Gasteiger partial charge in [0, 0.05) is 61.7 Å². The number of fused-ring (bicyclic) bond motifs is 1. The van der Waals surface area contributed by atoms with Crippen LogP contribution >= 0.6 is 0 Å². The van der Waals surface area contributed by atoms with Gasteiger partial charge in [0.05, 0.1) is 18.1 Å². The summed E-state index contributed by atoms with van der Waals surface area (Å²) in [4.78, 5) is 41.6. The predicted molar refractivity (Wildman–Crippen MR) is 265 cm³/mol. The maximum absolute atomic E-state index is 14.6. The lowest BCUT2D eigenvalue weighted by molar-refractivity contribution is 0.0968. The quantitative estimate of drug-likeness (QED) is 0.0635. The third kappa shape index (κ3) is 12.1. The molecule has 8 aromatic rings. The molecule has 0 aliphatic carbocycles. The van der Waals surface area contributed by atoms with Gasteiger partial charge in [-0.1, -0.05) is 0 Å². The molecule has 2 fully saturated rings. The molecule has 2 aliphatic rings. The Morgan fingerprint density at radius 2 is 1.39 bits per heavy atom. The van der Waals surface area contributed by atoms with Crippen molar-refractivity contribution < 1.29 is 36.9 Å². The van der Waals surface area contributed by atoms with Gasteiger partial charge in [-0.05, 0) is 136 Å². The van der Waals surface area contributed by atoms with Crippen molar-refractivity contribution in [3.63, 3.8) is 0 Å². The van der Waals surface area contributed by atoms with Crippen molar-refractivity contribution >= 4 is 47.1 Å². The summed E-state index contributed by atoms with van der Waals surface area (Å²) in [7, 11) is -0.446. The van der Waals surface area contributed by atoms with Gasteiger partial charge in [-0.15, -0.1) is 0 Å². The first-order valence-electron chi connectivity index (χ1n) is 23.3. The van der Waals surface area contributed by atoms with Crippen LogP contribution in [0.5, 0.6) is 11.5 Å². The number of imidazole rings is 1. The number of amides is 1. The first kappa shape index (κ1) is 49.0. The highest BCUT2D eigenvalue weighted by Crippen LogP contribution is 2.31. The second-order valence-corrected chi connectivity index (χ2v) is 17.2. The van der Waals surface area contributed by atoms with E-state index in [1.54, 1.807) is 54.2 Å². The Hall–Kier alpha value is -8.01. The minimum Gasteiger partial charge on any atom is -0.490 e. The van der Waals surface area contributed by atoms with Crippen molar-refractivity contribution in [2.45, 2.75) is 51.3 Å². The van der Waals surface area contributed by atoms with Crippen molar-refractivity contribution in [2.24, 2.45) is 0 Å². The van der Waals surface area contributed by atoms with Gasteiger partial charge in [0.2, 0.25) is 0 Å². The Labute approximate surface area is 412 Å². The van der Waals surface area contributed by atoms with Crippen LogP contribution in [0, 0.1) is 23.3 Å². The van der Waals surface area contributed by atoms with Crippen molar-refractivity contribution in [3.8, 4) is 28.7 Å². The Morgan fingerprint density at radius 3 is 2.06 bits per heavy atom. The average molecular weight is 981 g/mol. The number of aromatic nitrogens is 7. The number of ether oxygens (including phenoxy) is 2. The van der Waals surface area contributed by atoms with E-state index in [1.165, 1.54) is 0 Å². The largest absolute Gasteiger partial charge is 0.490 e. The number of nitrogen functional groups attached to an aromatic ring is 1. The molecular weight excluding hydrogens is 931 g/mol. The molecule has 2 aromatic carbocycles. The Kier molecular flexibility index (Phi) is 15.2. The lowest BCUT2D eigenvalue weighted by Gasteiger charge is -2.32. The molecule has 0 atom stereocenters. The monoisotopic (exact) mass is 980 g/mol. The molecule has 0 bridgehead atoms. The number of likely N-dealkylation sites (tertiary alicyclic amines) is 1. The number of nitrogens with one attached hydrogen (secondary N) is 2. The van der Waals surface area contributed by atoms with Gasteiger partial charge in [0.1, 0.15) is 52.4 Å². The number of nitrogens with zero attached hydrogens (tertiary/aromatic N) is 9. The van der Waals surface area contributed by atoms with Crippen LogP contribution in [0.1, 0.15) is 41.7 Å². The molecule has 2 saturated heterocycles. The van der Waals surface area contributed by atoms with E-state index < -0.39 is 41.9 Å². The molecule has 10 rings (SSSR count). The zero-order chi connectivity index (χ0) is 50.1. The number of anilines is 4. The van der Waals surface area contributed by atoms with Crippen LogP contribution in [0.15, 0.2) is 128 Å². The number of hydrogen-bond donors (Lipinski definition) is 4. The van der Waals surface area contributed by atoms with E-state index in [0.29, 0.717) is 45.9 Å². The van der Waals surface area contributed by atoms with E-state index in [-0.39, 0.29) is 23.7 Å². The molecule has 2 aliphatic heterocycles. The number of carbonyl (C=O) groups excluding carboxylic acids is 1. The van der Waals surface area contributed by atoms with Crippen LogP contribution in [0.4, 0.5) is 40.6 Å². The van der Waals surface area contributed by atoms with E-state index in [9.17, 15) is 27.4 Å². The van der Waals surface area contributed by atoms with Crippen LogP contribution in [0.3, 0.4) is 0 Å². The summed E-state index contributed by atoms with van der Waals surface area (Å²) in [6, 6.07) is 26.9.